The van der Waals surface area contributed by atoms with Crippen LogP contribution in [0.3, 0.4) is 0 Å². The van der Waals surface area contributed by atoms with Gasteiger partial charge in [0.1, 0.15) is 5.76 Å². The maximum atomic E-state index is 11.0. The summed E-state index contributed by atoms with van der Waals surface area (Å²) in [5.74, 6) is 1.40. The number of fused-ring (bicyclic) bond motifs is 1. The number of hydrogen-bond donors (Lipinski definition) is 1. The Kier molecular flexibility index (Phi) is 5.01. The molecule has 0 aliphatic rings. The lowest BCUT2D eigenvalue weighted by molar-refractivity contribution is -0.140. The summed E-state index contributed by atoms with van der Waals surface area (Å²) in [6.45, 7) is 1.36. The van der Waals surface area contributed by atoms with Gasteiger partial charge in [-0.1, -0.05) is 12.1 Å². The molecule has 0 saturated heterocycles. The summed E-state index contributed by atoms with van der Waals surface area (Å²) in [6, 6.07) is 7.79. The Morgan fingerprint density at radius 1 is 1.35 bits per heavy atom. The molecule has 5 heteroatoms. The molecule has 2 rings (SSSR count). The van der Waals surface area contributed by atoms with Crippen molar-refractivity contribution in [2.24, 2.45) is 0 Å². The third-order valence-electron chi connectivity index (χ3n) is 3.04. The molecule has 0 unspecified atom stereocenters. The number of furan rings is 1. The molecule has 0 amide bonds. The molecule has 0 bridgehead atoms. The predicted octanol–water partition coefficient (Wildman–Crippen LogP) is 2.48. The molecule has 0 aliphatic carbocycles. The van der Waals surface area contributed by atoms with Gasteiger partial charge in [-0.25, -0.2) is 0 Å². The van der Waals surface area contributed by atoms with Crippen LogP contribution in [0.1, 0.15) is 18.6 Å². The summed E-state index contributed by atoms with van der Waals surface area (Å²) >= 11 is 0. The SMILES string of the molecule is COC(=O)CCCNCc1cc2cccc(OC)c2o1. The van der Waals surface area contributed by atoms with Gasteiger partial charge in [0.25, 0.3) is 0 Å². The van der Waals surface area contributed by atoms with Crippen LogP contribution in [0.25, 0.3) is 11.0 Å². The van der Waals surface area contributed by atoms with Crippen molar-refractivity contribution in [1.82, 2.24) is 5.32 Å². The van der Waals surface area contributed by atoms with E-state index in [1.54, 1.807) is 7.11 Å². The lowest BCUT2D eigenvalue weighted by Crippen LogP contribution is -2.15. The minimum absolute atomic E-state index is 0.180. The summed E-state index contributed by atoms with van der Waals surface area (Å²) in [6.07, 6.45) is 1.17. The van der Waals surface area contributed by atoms with E-state index in [0.717, 1.165) is 35.4 Å². The zero-order valence-corrected chi connectivity index (χ0v) is 11.8. The fraction of sp³-hybridized carbons (Fsp3) is 0.400. The molecule has 1 aromatic carbocycles. The van der Waals surface area contributed by atoms with E-state index in [0.29, 0.717) is 13.0 Å². The normalized spacial score (nSPS) is 10.7. The van der Waals surface area contributed by atoms with Crippen LogP contribution in [0.5, 0.6) is 5.75 Å². The third kappa shape index (κ3) is 3.51. The van der Waals surface area contributed by atoms with E-state index >= 15 is 0 Å². The molecule has 0 atom stereocenters. The van der Waals surface area contributed by atoms with Crippen LogP contribution < -0.4 is 10.1 Å². The molecule has 1 N–H and O–H groups in total. The summed E-state index contributed by atoms with van der Waals surface area (Å²) in [5.41, 5.74) is 0.765. The maximum Gasteiger partial charge on any atom is 0.305 e. The second kappa shape index (κ2) is 6.96. The van der Waals surface area contributed by atoms with Crippen molar-refractivity contribution in [3.63, 3.8) is 0 Å². The number of benzene rings is 1. The van der Waals surface area contributed by atoms with Gasteiger partial charge in [0.05, 0.1) is 20.8 Å². The highest BCUT2D eigenvalue weighted by atomic mass is 16.5. The number of para-hydroxylation sites is 1. The van der Waals surface area contributed by atoms with Gasteiger partial charge in [0, 0.05) is 11.8 Å². The number of carbonyl (C=O) groups excluding carboxylic acids is 1. The first-order valence-corrected chi connectivity index (χ1v) is 6.57. The van der Waals surface area contributed by atoms with Crippen molar-refractivity contribution >= 4 is 16.9 Å². The monoisotopic (exact) mass is 277 g/mol. The molecule has 2 aromatic rings. The number of ether oxygens (including phenoxy) is 2. The lowest BCUT2D eigenvalue weighted by Gasteiger charge is -2.02. The molecule has 5 nitrogen and oxygen atoms in total. The fourth-order valence-corrected chi connectivity index (χ4v) is 2.01. The number of esters is 1. The number of hydrogen-bond acceptors (Lipinski definition) is 5. The number of rotatable bonds is 7. The maximum absolute atomic E-state index is 11.0. The third-order valence-corrected chi connectivity index (χ3v) is 3.04. The van der Waals surface area contributed by atoms with Crippen LogP contribution in [-0.4, -0.2) is 26.7 Å². The van der Waals surface area contributed by atoms with Crippen molar-refractivity contribution in [2.75, 3.05) is 20.8 Å². The second-order valence-electron chi connectivity index (χ2n) is 4.45. The number of methoxy groups -OCH3 is 2. The minimum atomic E-state index is -0.180. The zero-order valence-electron chi connectivity index (χ0n) is 11.8. The Morgan fingerprint density at radius 2 is 2.20 bits per heavy atom. The van der Waals surface area contributed by atoms with Crippen LogP contribution in [-0.2, 0) is 16.1 Å². The highest BCUT2D eigenvalue weighted by Gasteiger charge is 2.08. The Morgan fingerprint density at radius 3 is 2.95 bits per heavy atom. The van der Waals surface area contributed by atoms with Crippen molar-refractivity contribution < 1.29 is 18.7 Å². The summed E-state index contributed by atoms with van der Waals surface area (Å²) in [5, 5.41) is 4.26. The molecule has 108 valence electrons. The van der Waals surface area contributed by atoms with Crippen LogP contribution in [0, 0.1) is 0 Å². The summed E-state index contributed by atoms with van der Waals surface area (Å²) < 4.78 is 15.6. The molecule has 0 spiro atoms. The largest absolute Gasteiger partial charge is 0.493 e. The van der Waals surface area contributed by atoms with E-state index in [-0.39, 0.29) is 5.97 Å². The van der Waals surface area contributed by atoms with Crippen LogP contribution in [0.2, 0.25) is 0 Å². The summed E-state index contributed by atoms with van der Waals surface area (Å²) in [7, 11) is 3.03. The fourth-order valence-electron chi connectivity index (χ4n) is 2.01. The van der Waals surface area contributed by atoms with E-state index in [9.17, 15) is 4.79 Å². The highest BCUT2D eigenvalue weighted by molar-refractivity contribution is 5.83. The quantitative estimate of drug-likeness (QED) is 0.622. The topological polar surface area (TPSA) is 60.7 Å². The van der Waals surface area contributed by atoms with E-state index in [2.05, 4.69) is 10.1 Å². The molecule has 1 heterocycles. The number of carbonyl (C=O) groups is 1. The van der Waals surface area contributed by atoms with Gasteiger partial charge in [0.15, 0.2) is 11.3 Å². The number of nitrogens with one attached hydrogen (secondary N) is 1. The van der Waals surface area contributed by atoms with Crippen molar-refractivity contribution in [3.8, 4) is 5.75 Å². The Balaban J connectivity index is 1.86. The van der Waals surface area contributed by atoms with Gasteiger partial charge >= 0.3 is 5.97 Å². The second-order valence-corrected chi connectivity index (χ2v) is 4.45. The molecule has 20 heavy (non-hydrogen) atoms. The highest BCUT2D eigenvalue weighted by Crippen LogP contribution is 2.28. The first-order valence-electron chi connectivity index (χ1n) is 6.57. The van der Waals surface area contributed by atoms with E-state index in [1.807, 2.05) is 24.3 Å². The van der Waals surface area contributed by atoms with Gasteiger partial charge in [0.2, 0.25) is 0 Å². The van der Waals surface area contributed by atoms with E-state index in [1.165, 1.54) is 7.11 Å². The van der Waals surface area contributed by atoms with Crippen LogP contribution >= 0.6 is 0 Å². The Bertz CT molecular complexity index is 576. The molecule has 0 radical (unpaired) electrons. The zero-order chi connectivity index (χ0) is 14.4. The van der Waals surface area contributed by atoms with Crippen LogP contribution in [0.15, 0.2) is 28.7 Å². The van der Waals surface area contributed by atoms with Crippen LogP contribution in [0.4, 0.5) is 0 Å². The average molecular weight is 277 g/mol. The molecule has 1 aromatic heterocycles. The molecule has 0 aliphatic heterocycles. The average Bonchev–Trinajstić information content (AvgIpc) is 2.89. The van der Waals surface area contributed by atoms with Crippen molar-refractivity contribution in [2.45, 2.75) is 19.4 Å². The first-order chi connectivity index (χ1) is 9.74. The van der Waals surface area contributed by atoms with Gasteiger partial charge in [-0.15, -0.1) is 0 Å². The van der Waals surface area contributed by atoms with Gasteiger partial charge in [-0.2, -0.15) is 0 Å². The molecular formula is C15H19NO4. The van der Waals surface area contributed by atoms with Gasteiger partial charge < -0.3 is 19.2 Å². The van der Waals surface area contributed by atoms with E-state index in [4.69, 9.17) is 9.15 Å². The lowest BCUT2D eigenvalue weighted by atomic mass is 10.2. The van der Waals surface area contributed by atoms with Crippen molar-refractivity contribution in [1.29, 1.82) is 0 Å². The van der Waals surface area contributed by atoms with Crippen molar-refractivity contribution in [3.05, 3.63) is 30.0 Å². The van der Waals surface area contributed by atoms with Gasteiger partial charge in [-0.3, -0.25) is 4.79 Å². The molecule has 0 fully saturated rings. The smallest absolute Gasteiger partial charge is 0.305 e. The predicted molar refractivity (Wildman–Crippen MR) is 75.7 cm³/mol. The molecule has 0 saturated carbocycles. The first kappa shape index (κ1) is 14.4. The standard InChI is InChI=1S/C15H19NO4/c1-18-13-6-3-5-11-9-12(20-15(11)13)10-16-8-4-7-14(17)19-2/h3,5-6,9,16H,4,7-8,10H2,1-2H3. The summed E-state index contributed by atoms with van der Waals surface area (Å²) in [4.78, 5) is 11.0. The minimum Gasteiger partial charge on any atom is -0.493 e. The van der Waals surface area contributed by atoms with E-state index < -0.39 is 0 Å². The van der Waals surface area contributed by atoms with Gasteiger partial charge in [-0.05, 0) is 25.1 Å². The Labute approximate surface area is 117 Å². The molecular weight excluding hydrogens is 258 g/mol. The Hall–Kier alpha value is -2.01.